The molecule has 5 heteroatoms. The number of imide groups is 2. The predicted molar refractivity (Wildman–Crippen MR) is 60.9 cm³/mol. The van der Waals surface area contributed by atoms with Crippen molar-refractivity contribution < 1.29 is 14.4 Å². The zero-order chi connectivity index (χ0) is 12.3. The highest BCUT2D eigenvalue weighted by atomic mass is 16.2. The third-order valence-corrected chi connectivity index (χ3v) is 3.29. The van der Waals surface area contributed by atoms with Crippen LogP contribution >= 0.6 is 0 Å². The third kappa shape index (κ3) is 2.93. The first-order valence-electron chi connectivity index (χ1n) is 5.99. The topological polar surface area (TPSA) is 75.3 Å². The first-order chi connectivity index (χ1) is 8.16. The van der Waals surface area contributed by atoms with E-state index >= 15 is 0 Å². The standard InChI is InChI=1S/C12H16N2O3/c15-10-9(11(16)14-12(17)13-10)7-6-8-4-2-1-3-5-8/h2,4,8-9H,1,3,5-7H2,(H2,13,14,15,16,17). The number of amides is 4. The lowest BCUT2D eigenvalue weighted by molar-refractivity contribution is -0.136. The van der Waals surface area contributed by atoms with Crippen molar-refractivity contribution in [2.24, 2.45) is 11.8 Å². The average Bonchev–Trinajstić information content (AvgIpc) is 2.29. The van der Waals surface area contributed by atoms with Crippen LogP contribution in [0.15, 0.2) is 12.2 Å². The number of allylic oxidation sites excluding steroid dienone is 2. The highest BCUT2D eigenvalue weighted by molar-refractivity contribution is 6.16. The number of carbonyl (C=O) groups excluding carboxylic acids is 3. The molecular weight excluding hydrogens is 220 g/mol. The molecule has 0 radical (unpaired) electrons. The Balaban J connectivity index is 1.87. The number of carbonyl (C=O) groups is 3. The Morgan fingerprint density at radius 2 is 1.82 bits per heavy atom. The summed E-state index contributed by atoms with van der Waals surface area (Å²) >= 11 is 0. The Hall–Kier alpha value is -1.65. The van der Waals surface area contributed by atoms with Gasteiger partial charge >= 0.3 is 6.03 Å². The Bertz CT molecular complexity index is 356. The van der Waals surface area contributed by atoms with Crippen LogP contribution in [0.4, 0.5) is 4.79 Å². The summed E-state index contributed by atoms with van der Waals surface area (Å²) in [6, 6.07) is -0.714. The maximum absolute atomic E-state index is 11.5. The smallest absolute Gasteiger partial charge is 0.277 e. The molecule has 1 atom stereocenters. The molecule has 5 nitrogen and oxygen atoms in total. The van der Waals surface area contributed by atoms with Crippen LogP contribution in [0, 0.1) is 11.8 Å². The number of rotatable bonds is 3. The molecule has 0 saturated carbocycles. The monoisotopic (exact) mass is 236 g/mol. The lowest BCUT2D eigenvalue weighted by Crippen LogP contribution is -2.55. The van der Waals surface area contributed by atoms with E-state index in [1.807, 2.05) is 0 Å². The van der Waals surface area contributed by atoms with Crippen LogP contribution in [0.5, 0.6) is 0 Å². The van der Waals surface area contributed by atoms with Crippen molar-refractivity contribution in [3.63, 3.8) is 0 Å². The Morgan fingerprint density at radius 1 is 1.12 bits per heavy atom. The van der Waals surface area contributed by atoms with E-state index in [4.69, 9.17) is 0 Å². The van der Waals surface area contributed by atoms with Crippen LogP contribution in [-0.2, 0) is 9.59 Å². The molecular formula is C12H16N2O3. The van der Waals surface area contributed by atoms with Crippen molar-refractivity contribution >= 4 is 17.8 Å². The van der Waals surface area contributed by atoms with Crippen molar-refractivity contribution in [2.75, 3.05) is 0 Å². The molecule has 0 aromatic carbocycles. The molecule has 1 aliphatic carbocycles. The van der Waals surface area contributed by atoms with Gasteiger partial charge < -0.3 is 0 Å². The molecule has 1 saturated heterocycles. The minimum Gasteiger partial charge on any atom is -0.277 e. The third-order valence-electron chi connectivity index (χ3n) is 3.29. The molecule has 2 rings (SSSR count). The molecule has 0 aromatic rings. The van der Waals surface area contributed by atoms with E-state index < -0.39 is 23.8 Å². The molecule has 0 bridgehead atoms. The molecule has 17 heavy (non-hydrogen) atoms. The van der Waals surface area contributed by atoms with Gasteiger partial charge in [-0.1, -0.05) is 12.2 Å². The summed E-state index contributed by atoms with van der Waals surface area (Å²) < 4.78 is 0. The number of urea groups is 1. The second-order valence-electron chi connectivity index (χ2n) is 4.56. The average molecular weight is 236 g/mol. The minimum atomic E-state index is -0.719. The Kier molecular flexibility index (Phi) is 3.56. The number of hydrogen-bond donors (Lipinski definition) is 2. The molecule has 2 aliphatic rings. The van der Waals surface area contributed by atoms with Gasteiger partial charge in [0.05, 0.1) is 0 Å². The fourth-order valence-corrected chi connectivity index (χ4v) is 2.31. The fraction of sp³-hybridized carbons (Fsp3) is 0.583. The van der Waals surface area contributed by atoms with Gasteiger partial charge in [0.15, 0.2) is 0 Å². The van der Waals surface area contributed by atoms with Crippen molar-refractivity contribution in [2.45, 2.75) is 32.1 Å². The summed E-state index contributed by atoms with van der Waals surface area (Å²) in [7, 11) is 0. The van der Waals surface area contributed by atoms with E-state index in [2.05, 4.69) is 22.8 Å². The highest BCUT2D eigenvalue weighted by Gasteiger charge is 2.33. The minimum absolute atomic E-state index is 0.460. The molecule has 92 valence electrons. The van der Waals surface area contributed by atoms with E-state index in [9.17, 15) is 14.4 Å². The lowest BCUT2D eigenvalue weighted by Gasteiger charge is -2.22. The van der Waals surface area contributed by atoms with Crippen molar-refractivity contribution in [3.05, 3.63) is 12.2 Å². The van der Waals surface area contributed by atoms with Crippen LogP contribution in [-0.4, -0.2) is 17.8 Å². The van der Waals surface area contributed by atoms with Gasteiger partial charge in [-0.25, -0.2) is 4.79 Å². The van der Waals surface area contributed by atoms with E-state index in [-0.39, 0.29) is 0 Å². The number of hydrogen-bond acceptors (Lipinski definition) is 3. The summed E-state index contributed by atoms with van der Waals surface area (Å²) in [6.45, 7) is 0. The van der Waals surface area contributed by atoms with Gasteiger partial charge in [-0.3, -0.25) is 20.2 Å². The maximum atomic E-state index is 11.5. The highest BCUT2D eigenvalue weighted by Crippen LogP contribution is 2.24. The van der Waals surface area contributed by atoms with Gasteiger partial charge in [-0.15, -0.1) is 0 Å². The van der Waals surface area contributed by atoms with Gasteiger partial charge in [0.2, 0.25) is 11.8 Å². The Labute approximate surface area is 99.6 Å². The van der Waals surface area contributed by atoms with E-state index in [1.54, 1.807) is 0 Å². The fourth-order valence-electron chi connectivity index (χ4n) is 2.31. The van der Waals surface area contributed by atoms with Crippen molar-refractivity contribution in [1.29, 1.82) is 0 Å². The van der Waals surface area contributed by atoms with Gasteiger partial charge in [0.1, 0.15) is 5.92 Å². The van der Waals surface area contributed by atoms with Crippen LogP contribution in [0.3, 0.4) is 0 Å². The molecule has 1 fully saturated rings. The van der Waals surface area contributed by atoms with Crippen LogP contribution in [0.2, 0.25) is 0 Å². The van der Waals surface area contributed by atoms with E-state index in [0.717, 1.165) is 19.3 Å². The zero-order valence-electron chi connectivity index (χ0n) is 9.57. The molecule has 0 spiro atoms. The molecule has 1 aliphatic heterocycles. The normalized spacial score (nSPS) is 25.6. The number of barbiturate groups is 1. The van der Waals surface area contributed by atoms with Gasteiger partial charge in [0.25, 0.3) is 0 Å². The number of nitrogens with one attached hydrogen (secondary N) is 2. The maximum Gasteiger partial charge on any atom is 0.328 e. The first-order valence-corrected chi connectivity index (χ1v) is 5.99. The summed E-state index contributed by atoms with van der Waals surface area (Å²) in [5.74, 6) is -1.21. The van der Waals surface area contributed by atoms with Gasteiger partial charge in [-0.05, 0) is 38.0 Å². The zero-order valence-corrected chi connectivity index (χ0v) is 9.57. The largest absolute Gasteiger partial charge is 0.328 e. The predicted octanol–water partition coefficient (Wildman–Crippen LogP) is 1.11. The SMILES string of the molecule is O=C1NC(=O)C(CCC2C=CCCC2)C(=O)N1. The first kappa shape index (κ1) is 11.8. The second kappa shape index (κ2) is 5.12. The Morgan fingerprint density at radius 3 is 2.41 bits per heavy atom. The molecule has 0 aromatic heterocycles. The van der Waals surface area contributed by atoms with Crippen LogP contribution in [0.25, 0.3) is 0 Å². The lowest BCUT2D eigenvalue weighted by atomic mass is 9.88. The van der Waals surface area contributed by atoms with E-state index in [1.165, 1.54) is 6.42 Å². The van der Waals surface area contributed by atoms with Crippen molar-refractivity contribution in [3.8, 4) is 0 Å². The van der Waals surface area contributed by atoms with Crippen LogP contribution in [0.1, 0.15) is 32.1 Å². The van der Waals surface area contributed by atoms with Crippen LogP contribution < -0.4 is 10.6 Å². The molecule has 4 amide bonds. The van der Waals surface area contributed by atoms with Gasteiger partial charge in [-0.2, -0.15) is 0 Å². The molecule has 1 heterocycles. The van der Waals surface area contributed by atoms with Gasteiger partial charge in [0, 0.05) is 0 Å². The molecule has 2 N–H and O–H groups in total. The summed E-state index contributed by atoms with van der Waals surface area (Å²) in [4.78, 5) is 33.8. The summed E-state index contributed by atoms with van der Waals surface area (Å²) in [5, 5.41) is 4.24. The quantitative estimate of drug-likeness (QED) is 0.569. The second-order valence-corrected chi connectivity index (χ2v) is 4.56. The van der Waals surface area contributed by atoms with Crippen molar-refractivity contribution in [1.82, 2.24) is 10.6 Å². The summed E-state index contributed by atoms with van der Waals surface area (Å²) in [5.41, 5.74) is 0. The summed E-state index contributed by atoms with van der Waals surface area (Å²) in [6.07, 6.45) is 9.03. The molecule has 1 unspecified atom stereocenters. The van der Waals surface area contributed by atoms with E-state index in [0.29, 0.717) is 12.3 Å².